The van der Waals surface area contributed by atoms with Gasteiger partial charge in [-0.05, 0) is 12.8 Å². The van der Waals surface area contributed by atoms with Crippen LogP contribution in [0, 0.1) is 5.92 Å². The van der Waals surface area contributed by atoms with Crippen LogP contribution < -0.4 is 5.32 Å². The Labute approximate surface area is 72.3 Å². The number of hydrogen-bond acceptors (Lipinski definition) is 3. The average molecular weight is 172 g/mol. The summed E-state index contributed by atoms with van der Waals surface area (Å²) in [6, 6.07) is -0.580. The van der Waals surface area contributed by atoms with E-state index in [2.05, 4.69) is 10.1 Å². The molecule has 1 N–H and O–H groups in total. The van der Waals surface area contributed by atoms with Gasteiger partial charge in [-0.15, -0.1) is 0 Å². The number of carbonyl (C=O) groups is 1. The predicted molar refractivity (Wildman–Crippen MR) is 44.5 cm³/mol. The summed E-state index contributed by atoms with van der Waals surface area (Å²) in [6.07, 6.45) is 1.16. The zero-order chi connectivity index (χ0) is 9.56. The summed E-state index contributed by atoms with van der Waals surface area (Å²) in [7, 11) is 0. The molecule has 0 aliphatic heterocycles. The summed E-state index contributed by atoms with van der Waals surface area (Å²) < 4.78 is 4.60. The number of nitrogens with one attached hydrogen (secondary N) is 1. The number of alkyl carbamates (subject to hydrolysis) is 1. The lowest BCUT2D eigenvalue weighted by Gasteiger charge is -2.14. The van der Waals surface area contributed by atoms with Crippen molar-refractivity contribution in [2.45, 2.75) is 26.8 Å². The minimum atomic E-state index is -0.580. The molecule has 1 atom stereocenters. The van der Waals surface area contributed by atoms with Gasteiger partial charge in [-0.1, -0.05) is 13.8 Å². The number of rotatable bonds is 4. The van der Waals surface area contributed by atoms with E-state index in [1.807, 2.05) is 13.8 Å². The molecular weight excluding hydrogens is 158 g/mol. The van der Waals surface area contributed by atoms with E-state index in [0.717, 1.165) is 0 Å². The van der Waals surface area contributed by atoms with Gasteiger partial charge in [-0.25, -0.2) is 4.79 Å². The van der Waals surface area contributed by atoms with E-state index in [0.29, 0.717) is 6.61 Å². The van der Waals surface area contributed by atoms with Crippen molar-refractivity contribution in [3.8, 4) is 0 Å². The molecule has 0 saturated carbocycles. The van der Waals surface area contributed by atoms with Crippen LogP contribution in [0.4, 0.5) is 4.79 Å². The summed E-state index contributed by atoms with van der Waals surface area (Å²) in [5, 5.41) is 2.38. The molecule has 0 fully saturated rings. The summed E-state index contributed by atoms with van der Waals surface area (Å²) >= 11 is 0. The Morgan fingerprint density at radius 1 is 1.58 bits per heavy atom. The second-order valence-electron chi connectivity index (χ2n) is 2.70. The first kappa shape index (κ1) is 10.9. The zero-order valence-electron chi connectivity index (χ0n) is 7.59. The van der Waals surface area contributed by atoms with E-state index in [4.69, 9.17) is 0 Å². The Morgan fingerprint density at radius 2 is 2.17 bits per heavy atom. The van der Waals surface area contributed by atoms with Crippen LogP contribution in [0.15, 0.2) is 0 Å². The first-order chi connectivity index (χ1) is 5.61. The molecule has 4 heteroatoms. The van der Waals surface area contributed by atoms with Crippen LogP contribution in [-0.4, -0.2) is 25.0 Å². The molecule has 0 aliphatic rings. The van der Waals surface area contributed by atoms with Gasteiger partial charge in [0.25, 0.3) is 0 Å². The fourth-order valence-corrected chi connectivity index (χ4v) is 0.632. The van der Waals surface area contributed by atoms with Gasteiger partial charge >= 0.3 is 6.09 Å². The van der Waals surface area contributed by atoms with E-state index in [1.165, 1.54) is 0 Å². The Morgan fingerprint density at radius 3 is 2.50 bits per heavy atom. The lowest BCUT2D eigenvalue weighted by atomic mass is 10.1. The molecule has 0 aromatic rings. The SMILES string of the molecule is CCOC(=O)N[C@H]([C]=O)C(C)C. The monoisotopic (exact) mass is 172 g/mol. The summed E-state index contributed by atoms with van der Waals surface area (Å²) in [6.45, 7) is 5.65. The predicted octanol–water partition coefficient (Wildman–Crippen LogP) is 0.867. The van der Waals surface area contributed by atoms with E-state index in [9.17, 15) is 9.59 Å². The van der Waals surface area contributed by atoms with Gasteiger partial charge in [0.05, 0.1) is 6.61 Å². The molecule has 0 aromatic carbocycles. The number of amides is 1. The molecule has 0 unspecified atom stereocenters. The van der Waals surface area contributed by atoms with Crippen LogP contribution >= 0.6 is 0 Å². The highest BCUT2D eigenvalue weighted by molar-refractivity contribution is 5.73. The van der Waals surface area contributed by atoms with Crippen molar-refractivity contribution in [1.29, 1.82) is 0 Å². The lowest BCUT2D eigenvalue weighted by Crippen LogP contribution is -2.39. The Bertz CT molecular complexity index is 156. The van der Waals surface area contributed by atoms with Gasteiger partial charge in [0, 0.05) is 0 Å². The number of carbonyl (C=O) groups excluding carboxylic acids is 2. The second kappa shape index (κ2) is 5.57. The Kier molecular flexibility index (Phi) is 5.08. The fraction of sp³-hybridized carbons (Fsp3) is 0.750. The molecule has 0 saturated heterocycles. The van der Waals surface area contributed by atoms with Crippen molar-refractivity contribution < 1.29 is 14.3 Å². The minimum absolute atomic E-state index is 0.0342. The summed E-state index contributed by atoms with van der Waals surface area (Å²) in [5.41, 5.74) is 0. The third-order valence-corrected chi connectivity index (χ3v) is 1.34. The second-order valence-corrected chi connectivity index (χ2v) is 2.70. The summed E-state index contributed by atoms with van der Waals surface area (Å²) in [4.78, 5) is 21.1. The van der Waals surface area contributed by atoms with Crippen molar-refractivity contribution in [3.05, 3.63) is 0 Å². The average Bonchev–Trinajstić information content (AvgIpc) is 2.00. The number of ether oxygens (including phenoxy) is 1. The molecule has 1 amide bonds. The van der Waals surface area contributed by atoms with Gasteiger partial charge < -0.3 is 10.1 Å². The van der Waals surface area contributed by atoms with Crippen molar-refractivity contribution in [2.75, 3.05) is 6.61 Å². The van der Waals surface area contributed by atoms with Crippen molar-refractivity contribution in [3.63, 3.8) is 0 Å². The van der Waals surface area contributed by atoms with E-state index >= 15 is 0 Å². The van der Waals surface area contributed by atoms with Crippen molar-refractivity contribution >= 4 is 12.4 Å². The molecule has 1 radical (unpaired) electrons. The standard InChI is InChI=1S/C8H14NO3/c1-4-12-8(11)9-7(5-10)6(2)3/h6-7H,4H2,1-3H3,(H,9,11)/t7-/m1/s1. The van der Waals surface area contributed by atoms with Gasteiger partial charge in [-0.2, -0.15) is 0 Å². The maximum Gasteiger partial charge on any atom is 0.407 e. The van der Waals surface area contributed by atoms with E-state index in [-0.39, 0.29) is 5.92 Å². The number of hydrogen-bond donors (Lipinski definition) is 1. The van der Waals surface area contributed by atoms with Gasteiger partial charge in [-0.3, -0.25) is 4.79 Å². The van der Waals surface area contributed by atoms with Crippen LogP contribution in [0.3, 0.4) is 0 Å². The van der Waals surface area contributed by atoms with Crippen molar-refractivity contribution in [2.24, 2.45) is 5.92 Å². The largest absolute Gasteiger partial charge is 0.450 e. The third-order valence-electron chi connectivity index (χ3n) is 1.34. The Hall–Kier alpha value is -1.06. The molecule has 0 spiro atoms. The van der Waals surface area contributed by atoms with Crippen LogP contribution in [0.5, 0.6) is 0 Å². The molecule has 0 aliphatic carbocycles. The van der Waals surface area contributed by atoms with Crippen molar-refractivity contribution in [1.82, 2.24) is 5.32 Å². The lowest BCUT2D eigenvalue weighted by molar-refractivity contribution is 0.148. The molecule has 12 heavy (non-hydrogen) atoms. The minimum Gasteiger partial charge on any atom is -0.450 e. The first-order valence-electron chi connectivity index (χ1n) is 3.92. The normalized spacial score (nSPS) is 12.3. The molecular formula is C8H14NO3. The van der Waals surface area contributed by atoms with E-state index in [1.54, 1.807) is 13.2 Å². The highest BCUT2D eigenvalue weighted by Gasteiger charge is 2.15. The third kappa shape index (κ3) is 3.95. The van der Waals surface area contributed by atoms with E-state index < -0.39 is 12.1 Å². The topological polar surface area (TPSA) is 55.4 Å². The maximum atomic E-state index is 10.8. The molecule has 4 nitrogen and oxygen atoms in total. The Balaban J connectivity index is 3.85. The smallest absolute Gasteiger partial charge is 0.407 e. The highest BCUT2D eigenvalue weighted by Crippen LogP contribution is 1.98. The van der Waals surface area contributed by atoms with Crippen LogP contribution in [-0.2, 0) is 9.53 Å². The van der Waals surface area contributed by atoms with Gasteiger partial charge in [0.15, 0.2) is 0 Å². The molecule has 69 valence electrons. The van der Waals surface area contributed by atoms with Crippen LogP contribution in [0.2, 0.25) is 0 Å². The maximum absolute atomic E-state index is 10.8. The van der Waals surface area contributed by atoms with Gasteiger partial charge in [0.2, 0.25) is 6.29 Å². The molecule has 0 bridgehead atoms. The zero-order valence-corrected chi connectivity index (χ0v) is 7.59. The molecule has 0 rings (SSSR count). The quantitative estimate of drug-likeness (QED) is 0.684. The van der Waals surface area contributed by atoms with Gasteiger partial charge in [0.1, 0.15) is 6.04 Å². The summed E-state index contributed by atoms with van der Waals surface area (Å²) in [5.74, 6) is 0.0342. The highest BCUT2D eigenvalue weighted by atomic mass is 16.5. The first-order valence-corrected chi connectivity index (χ1v) is 3.92. The van der Waals surface area contributed by atoms with Crippen LogP contribution in [0.1, 0.15) is 20.8 Å². The molecule has 0 heterocycles. The van der Waals surface area contributed by atoms with Crippen LogP contribution in [0.25, 0.3) is 0 Å². The fourth-order valence-electron chi connectivity index (χ4n) is 0.632. The molecule has 0 aromatic heterocycles.